The fraction of sp³-hybridized carbons (Fsp3) is 0.182. The van der Waals surface area contributed by atoms with Crippen LogP contribution in [0.1, 0.15) is 21.7 Å². The smallest absolute Gasteiger partial charge is 0.336 e. The maximum Gasteiger partial charge on any atom is 0.336 e. The Bertz CT molecular complexity index is 539. The Morgan fingerprint density at radius 3 is 2.82 bits per heavy atom. The van der Waals surface area contributed by atoms with Crippen molar-refractivity contribution in [2.45, 2.75) is 17.6 Å². The van der Waals surface area contributed by atoms with E-state index in [1.165, 1.54) is 11.8 Å². The van der Waals surface area contributed by atoms with Crippen LogP contribution in [0.4, 0.5) is 0 Å². The zero-order valence-corrected chi connectivity index (χ0v) is 9.90. The van der Waals surface area contributed by atoms with E-state index >= 15 is 0 Å². The summed E-state index contributed by atoms with van der Waals surface area (Å²) in [6.45, 7) is 1.80. The van der Waals surface area contributed by atoms with Gasteiger partial charge in [-0.05, 0) is 19.1 Å². The van der Waals surface area contributed by atoms with E-state index in [4.69, 9.17) is 5.11 Å². The quantitative estimate of drug-likeness (QED) is 0.839. The molecular weight excluding hydrogens is 240 g/mol. The van der Waals surface area contributed by atoms with Crippen molar-refractivity contribution in [3.8, 4) is 0 Å². The Labute approximate surface area is 102 Å². The third-order valence-electron chi connectivity index (χ3n) is 2.23. The molecule has 0 amide bonds. The maximum atomic E-state index is 11.0. The first-order valence-electron chi connectivity index (χ1n) is 4.91. The molecule has 0 fully saturated rings. The largest absolute Gasteiger partial charge is 0.478 e. The summed E-state index contributed by atoms with van der Waals surface area (Å²) < 4.78 is 4.58. The first kappa shape index (κ1) is 11.7. The molecule has 0 saturated carbocycles. The molecule has 0 aliphatic rings. The van der Waals surface area contributed by atoms with Gasteiger partial charge in [0.05, 0.1) is 5.56 Å². The van der Waals surface area contributed by atoms with Crippen LogP contribution in [-0.2, 0) is 5.75 Å². The highest BCUT2D eigenvalue weighted by Gasteiger charge is 2.11. The van der Waals surface area contributed by atoms with Gasteiger partial charge in [-0.15, -0.1) is 11.8 Å². The molecule has 0 bridgehead atoms. The number of nitrogens with zero attached hydrogens (tertiary/aromatic N) is 2. The van der Waals surface area contributed by atoms with Gasteiger partial charge in [0.2, 0.25) is 0 Å². The van der Waals surface area contributed by atoms with Crippen LogP contribution in [-0.4, -0.2) is 21.4 Å². The summed E-state index contributed by atoms with van der Waals surface area (Å²) in [4.78, 5) is 11.7. The van der Waals surface area contributed by atoms with E-state index < -0.39 is 5.97 Å². The fourth-order valence-electron chi connectivity index (χ4n) is 1.30. The van der Waals surface area contributed by atoms with Crippen molar-refractivity contribution in [2.24, 2.45) is 0 Å². The number of hydrogen-bond donors (Lipinski definition) is 1. The van der Waals surface area contributed by atoms with Crippen molar-refractivity contribution in [3.05, 3.63) is 41.2 Å². The van der Waals surface area contributed by atoms with Gasteiger partial charge >= 0.3 is 5.97 Å². The molecule has 0 atom stereocenters. The normalized spacial score (nSPS) is 10.4. The number of aromatic nitrogens is 2. The predicted molar refractivity (Wildman–Crippen MR) is 62.0 cm³/mol. The fourth-order valence-corrected chi connectivity index (χ4v) is 2.34. The number of carboxylic acid groups (broad SMARTS) is 1. The predicted octanol–water partition coefficient (Wildman–Crippen LogP) is 2.37. The Balaban J connectivity index is 2.14. The van der Waals surface area contributed by atoms with Crippen LogP contribution in [0.3, 0.4) is 0 Å². The molecule has 17 heavy (non-hydrogen) atoms. The molecule has 0 saturated heterocycles. The number of rotatable bonds is 4. The number of hydrogen-bond acceptors (Lipinski definition) is 5. The lowest BCUT2D eigenvalue weighted by Gasteiger charge is -2.03. The Morgan fingerprint density at radius 1 is 1.41 bits per heavy atom. The molecule has 5 nitrogen and oxygen atoms in total. The molecule has 0 unspecified atom stereocenters. The molecule has 2 aromatic rings. The SMILES string of the molecule is Cc1nonc1CSc1ccccc1C(=O)O. The van der Waals surface area contributed by atoms with Crippen LogP contribution < -0.4 is 0 Å². The number of thioether (sulfide) groups is 1. The molecule has 1 heterocycles. The van der Waals surface area contributed by atoms with E-state index in [0.29, 0.717) is 16.2 Å². The van der Waals surface area contributed by atoms with Crippen molar-refractivity contribution < 1.29 is 14.5 Å². The van der Waals surface area contributed by atoms with E-state index in [-0.39, 0.29) is 0 Å². The van der Waals surface area contributed by atoms with Crippen molar-refractivity contribution in [1.82, 2.24) is 10.3 Å². The molecule has 0 spiro atoms. The summed E-state index contributed by atoms with van der Waals surface area (Å²) in [6.07, 6.45) is 0. The summed E-state index contributed by atoms with van der Waals surface area (Å²) in [5, 5.41) is 16.4. The second-order valence-electron chi connectivity index (χ2n) is 3.39. The third-order valence-corrected chi connectivity index (χ3v) is 3.31. The highest BCUT2D eigenvalue weighted by molar-refractivity contribution is 7.98. The second-order valence-corrected chi connectivity index (χ2v) is 4.40. The van der Waals surface area contributed by atoms with Crippen LogP contribution in [0.25, 0.3) is 0 Å². The van der Waals surface area contributed by atoms with E-state index in [1.807, 2.05) is 6.07 Å². The van der Waals surface area contributed by atoms with Crippen LogP contribution in [0.2, 0.25) is 0 Å². The molecule has 0 aliphatic heterocycles. The van der Waals surface area contributed by atoms with Gasteiger partial charge in [-0.2, -0.15) is 0 Å². The Hall–Kier alpha value is -1.82. The summed E-state index contributed by atoms with van der Waals surface area (Å²) in [6, 6.07) is 6.87. The van der Waals surface area contributed by atoms with Gasteiger partial charge in [0, 0.05) is 10.6 Å². The molecule has 1 N–H and O–H groups in total. The molecule has 0 radical (unpaired) electrons. The van der Waals surface area contributed by atoms with Gasteiger partial charge in [0.25, 0.3) is 0 Å². The Kier molecular flexibility index (Phi) is 3.43. The van der Waals surface area contributed by atoms with Crippen LogP contribution in [0.5, 0.6) is 0 Å². The lowest BCUT2D eigenvalue weighted by molar-refractivity contribution is 0.0693. The highest BCUT2D eigenvalue weighted by Crippen LogP contribution is 2.26. The van der Waals surface area contributed by atoms with Crippen LogP contribution >= 0.6 is 11.8 Å². The lowest BCUT2D eigenvalue weighted by Crippen LogP contribution is -1.98. The van der Waals surface area contributed by atoms with Gasteiger partial charge in [0.15, 0.2) is 0 Å². The molecule has 88 valence electrons. The molecule has 0 aliphatic carbocycles. The van der Waals surface area contributed by atoms with E-state index in [9.17, 15) is 4.79 Å². The summed E-state index contributed by atoms with van der Waals surface area (Å²) >= 11 is 1.40. The van der Waals surface area contributed by atoms with E-state index in [1.54, 1.807) is 25.1 Å². The average Bonchev–Trinajstić information content (AvgIpc) is 2.72. The minimum Gasteiger partial charge on any atom is -0.478 e. The second kappa shape index (κ2) is 5.01. The summed E-state index contributed by atoms with van der Waals surface area (Å²) in [5.41, 5.74) is 1.76. The zero-order chi connectivity index (χ0) is 12.3. The first-order chi connectivity index (χ1) is 8.18. The van der Waals surface area contributed by atoms with Crippen molar-refractivity contribution >= 4 is 17.7 Å². The van der Waals surface area contributed by atoms with Crippen molar-refractivity contribution in [3.63, 3.8) is 0 Å². The van der Waals surface area contributed by atoms with Gasteiger partial charge in [-0.3, -0.25) is 0 Å². The monoisotopic (exact) mass is 250 g/mol. The minimum absolute atomic E-state index is 0.298. The Morgan fingerprint density at radius 2 is 2.18 bits per heavy atom. The summed E-state index contributed by atoms with van der Waals surface area (Å²) in [5.74, 6) is -0.386. The lowest BCUT2D eigenvalue weighted by atomic mass is 10.2. The van der Waals surface area contributed by atoms with Crippen molar-refractivity contribution in [2.75, 3.05) is 0 Å². The minimum atomic E-state index is -0.928. The maximum absolute atomic E-state index is 11.0. The van der Waals surface area contributed by atoms with Gasteiger partial charge < -0.3 is 5.11 Å². The highest BCUT2D eigenvalue weighted by atomic mass is 32.2. The number of carbonyl (C=O) groups is 1. The van der Waals surface area contributed by atoms with Gasteiger partial charge in [0.1, 0.15) is 11.4 Å². The van der Waals surface area contributed by atoms with E-state index in [0.717, 1.165) is 11.4 Å². The summed E-state index contributed by atoms with van der Waals surface area (Å²) in [7, 11) is 0. The topological polar surface area (TPSA) is 76.2 Å². The molecule has 1 aromatic carbocycles. The number of aromatic carboxylic acids is 1. The molecular formula is C11H10N2O3S. The molecule has 1 aromatic heterocycles. The number of carboxylic acids is 1. The average molecular weight is 250 g/mol. The van der Waals surface area contributed by atoms with Crippen LogP contribution in [0.15, 0.2) is 33.8 Å². The molecule has 6 heteroatoms. The first-order valence-corrected chi connectivity index (χ1v) is 5.90. The van der Waals surface area contributed by atoms with Crippen molar-refractivity contribution in [1.29, 1.82) is 0 Å². The number of benzene rings is 1. The third kappa shape index (κ3) is 2.65. The number of aryl methyl sites for hydroxylation is 1. The van der Waals surface area contributed by atoms with Gasteiger partial charge in [-0.1, -0.05) is 22.4 Å². The van der Waals surface area contributed by atoms with Gasteiger partial charge in [-0.25, -0.2) is 9.42 Å². The molecule has 2 rings (SSSR count). The zero-order valence-electron chi connectivity index (χ0n) is 9.08. The van der Waals surface area contributed by atoms with Crippen LogP contribution in [0, 0.1) is 6.92 Å². The van der Waals surface area contributed by atoms with E-state index in [2.05, 4.69) is 14.9 Å². The standard InChI is InChI=1S/C11H10N2O3S/c1-7-9(13-16-12-7)6-17-10-5-3-2-4-8(10)11(14)15/h2-5H,6H2,1H3,(H,14,15).